The van der Waals surface area contributed by atoms with Crippen LogP contribution < -0.4 is 11.2 Å². The van der Waals surface area contributed by atoms with E-state index in [0.29, 0.717) is 53.6 Å². The van der Waals surface area contributed by atoms with Gasteiger partial charge < -0.3 is 15.6 Å². The van der Waals surface area contributed by atoms with Gasteiger partial charge in [-0.15, -0.1) is 0 Å². The summed E-state index contributed by atoms with van der Waals surface area (Å²) < 4.78 is 9.70. The van der Waals surface area contributed by atoms with Crippen LogP contribution in [-0.2, 0) is 17.9 Å². The Morgan fingerprint density at radius 1 is 1.14 bits per heavy atom. The van der Waals surface area contributed by atoms with Gasteiger partial charge in [0.2, 0.25) is 5.95 Å². The lowest BCUT2D eigenvalue weighted by Gasteiger charge is -2.21. The van der Waals surface area contributed by atoms with Gasteiger partial charge in [-0.3, -0.25) is 13.9 Å². The van der Waals surface area contributed by atoms with E-state index in [9.17, 15) is 9.90 Å². The number of phenols is 1. The largest absolute Gasteiger partial charge is 0.506 e. The molecule has 35 heavy (non-hydrogen) atoms. The van der Waals surface area contributed by atoms with Gasteiger partial charge in [0, 0.05) is 50.9 Å². The highest BCUT2D eigenvalue weighted by Gasteiger charge is 2.24. The normalized spacial score (nSPS) is 11.9. The first kappa shape index (κ1) is 25.1. The molecule has 0 bridgehead atoms. The highest BCUT2D eigenvalue weighted by molar-refractivity contribution is 6.76. The fourth-order valence-electron chi connectivity index (χ4n) is 3.99. The molecule has 10 heteroatoms. The van der Waals surface area contributed by atoms with Gasteiger partial charge in [-0.1, -0.05) is 43.4 Å². The number of nitrogens with two attached hydrogens (primary N) is 1. The Morgan fingerprint density at radius 3 is 2.69 bits per heavy atom. The number of hydrogen-bond acceptors (Lipinski definition) is 6. The van der Waals surface area contributed by atoms with Crippen LogP contribution in [0.1, 0.15) is 5.69 Å². The summed E-state index contributed by atoms with van der Waals surface area (Å²) in [7, 11) is -1.22. The molecule has 3 heterocycles. The SMILES string of the molecule is C[Si](C)(C)CCOCn1ccnc1-n1c(CCN)c(-c2cccc(Cl)c2O)c(=O)c2cccnc21. The van der Waals surface area contributed by atoms with E-state index in [-0.39, 0.29) is 22.7 Å². The first-order chi connectivity index (χ1) is 16.7. The van der Waals surface area contributed by atoms with Gasteiger partial charge in [0.1, 0.15) is 12.5 Å². The fourth-order valence-corrected chi connectivity index (χ4v) is 4.92. The second-order valence-corrected chi connectivity index (χ2v) is 15.6. The molecule has 3 N–H and O–H groups in total. The van der Waals surface area contributed by atoms with Crippen LogP contribution in [0, 0.1) is 0 Å². The molecule has 1 aromatic carbocycles. The smallest absolute Gasteiger partial charge is 0.217 e. The van der Waals surface area contributed by atoms with Crippen molar-refractivity contribution >= 4 is 30.7 Å². The Morgan fingerprint density at radius 2 is 1.94 bits per heavy atom. The minimum absolute atomic E-state index is 0.155. The lowest BCUT2D eigenvalue weighted by Crippen LogP contribution is -2.24. The van der Waals surface area contributed by atoms with Crippen molar-refractivity contribution in [2.24, 2.45) is 5.73 Å². The maximum absolute atomic E-state index is 13.7. The van der Waals surface area contributed by atoms with Gasteiger partial charge in [0.15, 0.2) is 11.1 Å². The van der Waals surface area contributed by atoms with Gasteiger partial charge in [0.05, 0.1) is 16.0 Å². The van der Waals surface area contributed by atoms with Crippen LogP contribution >= 0.6 is 11.6 Å². The zero-order chi connectivity index (χ0) is 25.2. The molecule has 8 nitrogen and oxygen atoms in total. The molecule has 0 radical (unpaired) electrons. The van der Waals surface area contributed by atoms with Crippen molar-refractivity contribution in [1.29, 1.82) is 0 Å². The number of phenolic OH excluding ortho intramolecular Hbond substituents is 1. The Balaban J connectivity index is 1.94. The average Bonchev–Trinajstić information content (AvgIpc) is 3.27. The number of halogens is 1. The van der Waals surface area contributed by atoms with Crippen LogP contribution in [0.25, 0.3) is 28.1 Å². The standard InChI is InChI=1S/C25H30ClN5O3Si/c1-35(2,3)15-14-34-16-30-13-12-29-25(30)31-20(9-10-27)21(17-6-4-8-19(26)22(17)32)23(33)18-7-5-11-28-24(18)31/h4-8,11-13,32H,9-10,14-16,27H2,1-3H3. The van der Waals surface area contributed by atoms with Gasteiger partial charge >= 0.3 is 0 Å². The minimum Gasteiger partial charge on any atom is -0.506 e. The second kappa shape index (κ2) is 10.3. The van der Waals surface area contributed by atoms with Gasteiger partial charge in [-0.25, -0.2) is 9.97 Å². The van der Waals surface area contributed by atoms with E-state index in [4.69, 9.17) is 22.1 Å². The molecule has 0 amide bonds. The van der Waals surface area contributed by atoms with Gasteiger partial charge in [-0.2, -0.15) is 0 Å². The number of pyridine rings is 2. The number of hydrogen-bond donors (Lipinski definition) is 2. The van der Waals surface area contributed by atoms with Crippen LogP contribution in [0.2, 0.25) is 30.7 Å². The van der Waals surface area contributed by atoms with Crippen LogP contribution in [0.15, 0.2) is 53.7 Å². The number of aromatic hydroxyl groups is 1. The number of ether oxygens (including phenoxy) is 1. The third kappa shape index (κ3) is 5.18. The number of imidazole rings is 1. The molecular weight excluding hydrogens is 482 g/mol. The van der Waals surface area contributed by atoms with E-state index in [1.807, 2.05) is 15.3 Å². The van der Waals surface area contributed by atoms with E-state index >= 15 is 0 Å². The lowest BCUT2D eigenvalue weighted by atomic mass is 9.98. The minimum atomic E-state index is -1.22. The summed E-state index contributed by atoms with van der Waals surface area (Å²) in [5, 5.41) is 11.3. The monoisotopic (exact) mass is 511 g/mol. The highest BCUT2D eigenvalue weighted by atomic mass is 35.5. The van der Waals surface area contributed by atoms with Crippen molar-refractivity contribution in [1.82, 2.24) is 19.1 Å². The molecule has 0 atom stereocenters. The van der Waals surface area contributed by atoms with Crippen molar-refractivity contribution in [3.63, 3.8) is 0 Å². The molecule has 0 spiro atoms. The summed E-state index contributed by atoms with van der Waals surface area (Å²) >= 11 is 6.21. The Kier molecular flexibility index (Phi) is 7.41. The third-order valence-electron chi connectivity index (χ3n) is 5.79. The Labute approximate surface area is 210 Å². The summed E-state index contributed by atoms with van der Waals surface area (Å²) in [4.78, 5) is 22.8. The molecule has 0 unspecified atom stereocenters. The maximum Gasteiger partial charge on any atom is 0.217 e. The first-order valence-corrected chi connectivity index (χ1v) is 15.6. The third-order valence-corrected chi connectivity index (χ3v) is 7.80. The van der Waals surface area contributed by atoms with E-state index in [2.05, 4.69) is 29.6 Å². The topological polar surface area (TPSA) is 108 Å². The summed E-state index contributed by atoms with van der Waals surface area (Å²) in [6.45, 7) is 8.17. The summed E-state index contributed by atoms with van der Waals surface area (Å²) in [6, 6.07) is 9.44. The number of nitrogens with zero attached hydrogens (tertiary/aromatic N) is 4. The molecule has 0 saturated heterocycles. The molecule has 3 aromatic heterocycles. The van der Waals surface area contributed by atoms with Crippen molar-refractivity contribution < 1.29 is 9.84 Å². The number of fused-ring (bicyclic) bond motifs is 1. The number of aromatic nitrogens is 4. The Hall–Kier alpha value is -2.98. The van der Waals surface area contributed by atoms with E-state index in [1.165, 1.54) is 0 Å². The molecule has 0 aliphatic heterocycles. The molecule has 4 aromatic rings. The molecule has 4 rings (SSSR count). The van der Waals surface area contributed by atoms with Crippen molar-refractivity contribution in [2.75, 3.05) is 13.2 Å². The van der Waals surface area contributed by atoms with Crippen LogP contribution in [0.3, 0.4) is 0 Å². The van der Waals surface area contributed by atoms with E-state index < -0.39 is 8.07 Å². The van der Waals surface area contributed by atoms with Crippen molar-refractivity contribution in [2.45, 2.75) is 38.8 Å². The van der Waals surface area contributed by atoms with Crippen molar-refractivity contribution in [3.8, 4) is 22.8 Å². The van der Waals surface area contributed by atoms with E-state index in [1.54, 1.807) is 42.7 Å². The fraction of sp³-hybridized carbons (Fsp3) is 0.320. The molecule has 184 valence electrons. The molecule has 0 fully saturated rings. The Bertz CT molecular complexity index is 1410. The summed E-state index contributed by atoms with van der Waals surface area (Å²) in [5.41, 5.74) is 7.46. The summed E-state index contributed by atoms with van der Waals surface area (Å²) in [5.74, 6) is 0.394. The van der Waals surface area contributed by atoms with Crippen LogP contribution in [0.5, 0.6) is 5.75 Å². The predicted octanol–water partition coefficient (Wildman–Crippen LogP) is 4.42. The predicted molar refractivity (Wildman–Crippen MR) is 142 cm³/mol. The number of rotatable bonds is 9. The average molecular weight is 512 g/mol. The van der Waals surface area contributed by atoms with Crippen LogP contribution in [0.4, 0.5) is 0 Å². The van der Waals surface area contributed by atoms with Gasteiger partial charge in [0.25, 0.3) is 0 Å². The van der Waals surface area contributed by atoms with Gasteiger partial charge in [-0.05, 0) is 30.8 Å². The molecular formula is C25H30ClN5O3Si. The number of para-hydroxylation sites is 1. The molecule has 0 aliphatic carbocycles. The first-order valence-electron chi connectivity index (χ1n) is 11.5. The molecule has 0 saturated carbocycles. The number of benzene rings is 1. The quantitative estimate of drug-likeness (QED) is 0.254. The zero-order valence-corrected chi connectivity index (χ0v) is 21.9. The summed E-state index contributed by atoms with van der Waals surface area (Å²) in [6.07, 6.45) is 5.51. The maximum atomic E-state index is 13.7. The molecule has 0 aliphatic rings. The second-order valence-electron chi connectivity index (χ2n) is 9.58. The highest BCUT2D eigenvalue weighted by Crippen LogP contribution is 2.36. The van der Waals surface area contributed by atoms with Crippen molar-refractivity contribution in [3.05, 3.63) is 69.9 Å². The van der Waals surface area contributed by atoms with E-state index in [0.717, 1.165) is 6.04 Å². The van der Waals surface area contributed by atoms with Crippen LogP contribution in [-0.4, -0.2) is 45.4 Å². The zero-order valence-electron chi connectivity index (χ0n) is 20.2. The lowest BCUT2D eigenvalue weighted by molar-refractivity contribution is 0.0870.